The zero-order valence-corrected chi connectivity index (χ0v) is 16.7. The van der Waals surface area contributed by atoms with Crippen LogP contribution in [0, 0.1) is 5.82 Å². The molecule has 0 atom stereocenters. The summed E-state index contributed by atoms with van der Waals surface area (Å²) >= 11 is 0. The van der Waals surface area contributed by atoms with Crippen molar-refractivity contribution in [2.75, 3.05) is 30.3 Å². The van der Waals surface area contributed by atoms with Crippen LogP contribution >= 0.6 is 0 Å². The molecule has 0 aromatic heterocycles. The Hall–Kier alpha value is -3.14. The van der Waals surface area contributed by atoms with Gasteiger partial charge in [-0.2, -0.15) is 5.10 Å². The van der Waals surface area contributed by atoms with Crippen LogP contribution < -0.4 is 19.2 Å². The molecule has 1 amide bonds. The standard InChI is InChI=1S/C19H20FN3O5S/c1-13(14-3-8-17-18(11-14)28-10-9-27-17)21-22-19(24)12-23(29(2,25)26)16-6-4-15(20)5-7-16/h3-8,11H,9-10,12H2,1-2H3,(H,22,24)/b21-13-. The molecule has 10 heteroatoms. The van der Waals surface area contributed by atoms with E-state index in [0.29, 0.717) is 36.0 Å². The fraction of sp³-hybridized carbons (Fsp3) is 0.263. The molecule has 2 aromatic rings. The smallest absolute Gasteiger partial charge is 0.260 e. The number of fused-ring (bicyclic) bond motifs is 1. The molecule has 8 nitrogen and oxygen atoms in total. The molecular weight excluding hydrogens is 401 g/mol. The summed E-state index contributed by atoms with van der Waals surface area (Å²) in [5.41, 5.74) is 3.74. The van der Waals surface area contributed by atoms with E-state index < -0.39 is 28.3 Å². The Kier molecular flexibility index (Phi) is 6.02. The molecule has 0 fully saturated rings. The molecule has 0 saturated carbocycles. The van der Waals surface area contributed by atoms with Gasteiger partial charge in [0.1, 0.15) is 25.6 Å². The summed E-state index contributed by atoms with van der Waals surface area (Å²) in [4.78, 5) is 12.3. The lowest BCUT2D eigenvalue weighted by atomic mass is 10.1. The number of benzene rings is 2. The van der Waals surface area contributed by atoms with Crippen LogP contribution in [0.5, 0.6) is 11.5 Å². The van der Waals surface area contributed by atoms with Crippen LogP contribution in [-0.2, 0) is 14.8 Å². The summed E-state index contributed by atoms with van der Waals surface area (Å²) in [6.07, 6.45) is 0.966. The first-order chi connectivity index (χ1) is 13.7. The quantitative estimate of drug-likeness (QED) is 0.568. The molecule has 0 aliphatic carbocycles. The van der Waals surface area contributed by atoms with Gasteiger partial charge in [0.05, 0.1) is 17.7 Å². The topological polar surface area (TPSA) is 97.3 Å². The predicted octanol–water partition coefficient (Wildman–Crippen LogP) is 1.90. The second-order valence-electron chi connectivity index (χ2n) is 6.34. The van der Waals surface area contributed by atoms with Crippen molar-refractivity contribution in [2.24, 2.45) is 5.10 Å². The third-order valence-corrected chi connectivity index (χ3v) is 5.25. The van der Waals surface area contributed by atoms with E-state index in [4.69, 9.17) is 9.47 Å². The minimum Gasteiger partial charge on any atom is -0.486 e. The fourth-order valence-corrected chi connectivity index (χ4v) is 3.51. The molecular formula is C19H20FN3O5S. The lowest BCUT2D eigenvalue weighted by molar-refractivity contribution is -0.119. The van der Waals surface area contributed by atoms with E-state index in [9.17, 15) is 17.6 Å². The summed E-state index contributed by atoms with van der Waals surface area (Å²) in [6.45, 7) is 2.14. The van der Waals surface area contributed by atoms with Crippen molar-refractivity contribution in [3.8, 4) is 11.5 Å². The normalized spacial score (nSPS) is 13.7. The van der Waals surface area contributed by atoms with Crippen molar-refractivity contribution < 1.29 is 27.1 Å². The van der Waals surface area contributed by atoms with Crippen molar-refractivity contribution in [3.05, 3.63) is 53.8 Å². The molecule has 3 rings (SSSR count). The van der Waals surface area contributed by atoms with Gasteiger partial charge in [-0.15, -0.1) is 0 Å². The number of amides is 1. The first kappa shape index (κ1) is 20.6. The third kappa shape index (κ3) is 5.23. The number of hydrogen-bond acceptors (Lipinski definition) is 6. The van der Waals surface area contributed by atoms with Crippen LogP contribution in [0.3, 0.4) is 0 Å². The first-order valence-electron chi connectivity index (χ1n) is 8.70. The highest BCUT2D eigenvalue weighted by Crippen LogP contribution is 2.30. The molecule has 1 heterocycles. The second-order valence-corrected chi connectivity index (χ2v) is 8.24. The molecule has 1 aliphatic rings. The zero-order chi connectivity index (χ0) is 21.0. The Balaban J connectivity index is 1.70. The molecule has 29 heavy (non-hydrogen) atoms. The Bertz CT molecular complexity index is 1040. The van der Waals surface area contributed by atoms with Gasteiger partial charge in [-0.3, -0.25) is 9.10 Å². The van der Waals surface area contributed by atoms with Crippen LogP contribution in [-0.4, -0.2) is 46.1 Å². The van der Waals surface area contributed by atoms with Gasteiger partial charge in [0.2, 0.25) is 10.0 Å². The number of ether oxygens (including phenoxy) is 2. The third-order valence-electron chi connectivity index (χ3n) is 4.11. The van der Waals surface area contributed by atoms with Crippen molar-refractivity contribution in [1.82, 2.24) is 5.43 Å². The van der Waals surface area contributed by atoms with Crippen molar-refractivity contribution >= 4 is 27.3 Å². The maximum atomic E-state index is 13.1. The summed E-state index contributed by atoms with van der Waals surface area (Å²) in [6, 6.07) is 10.1. The maximum Gasteiger partial charge on any atom is 0.260 e. The molecule has 2 aromatic carbocycles. The van der Waals surface area contributed by atoms with E-state index in [2.05, 4.69) is 10.5 Å². The highest BCUT2D eigenvalue weighted by molar-refractivity contribution is 7.92. The van der Waals surface area contributed by atoms with Crippen molar-refractivity contribution in [1.29, 1.82) is 0 Å². The minimum absolute atomic E-state index is 0.177. The van der Waals surface area contributed by atoms with E-state index in [1.165, 1.54) is 12.1 Å². The number of nitrogens with zero attached hydrogens (tertiary/aromatic N) is 2. The molecule has 1 aliphatic heterocycles. The number of hydrazone groups is 1. The number of sulfonamides is 1. The fourth-order valence-electron chi connectivity index (χ4n) is 2.65. The number of hydrogen-bond donors (Lipinski definition) is 1. The average molecular weight is 421 g/mol. The van der Waals surface area contributed by atoms with Gasteiger partial charge in [-0.25, -0.2) is 18.2 Å². The van der Waals surface area contributed by atoms with E-state index in [1.807, 2.05) is 0 Å². The van der Waals surface area contributed by atoms with E-state index >= 15 is 0 Å². The summed E-state index contributed by atoms with van der Waals surface area (Å²) in [5.74, 6) is 0.0806. The lowest BCUT2D eigenvalue weighted by Gasteiger charge is -2.21. The number of anilines is 1. The van der Waals surface area contributed by atoms with Crippen LogP contribution in [0.15, 0.2) is 47.6 Å². The largest absolute Gasteiger partial charge is 0.486 e. The van der Waals surface area contributed by atoms with E-state index in [1.54, 1.807) is 25.1 Å². The van der Waals surface area contributed by atoms with Crippen molar-refractivity contribution in [3.63, 3.8) is 0 Å². The highest BCUT2D eigenvalue weighted by atomic mass is 32.2. The monoisotopic (exact) mass is 421 g/mol. The van der Waals surface area contributed by atoms with Gasteiger partial charge in [0.15, 0.2) is 11.5 Å². The molecule has 0 saturated heterocycles. The Labute approximate surface area is 168 Å². The average Bonchev–Trinajstić information content (AvgIpc) is 2.70. The molecule has 154 valence electrons. The first-order valence-corrected chi connectivity index (χ1v) is 10.6. The lowest BCUT2D eigenvalue weighted by Crippen LogP contribution is -2.39. The summed E-state index contributed by atoms with van der Waals surface area (Å²) in [5, 5.41) is 4.03. The SMILES string of the molecule is C/C(=N/NC(=O)CN(c1ccc(F)cc1)S(C)(=O)=O)c1ccc2c(c1)OCCO2. The number of carbonyl (C=O) groups is 1. The highest BCUT2D eigenvalue weighted by Gasteiger charge is 2.21. The number of halogens is 1. The van der Waals surface area contributed by atoms with Gasteiger partial charge in [-0.1, -0.05) is 0 Å². The predicted molar refractivity (Wildman–Crippen MR) is 106 cm³/mol. The van der Waals surface area contributed by atoms with Crippen molar-refractivity contribution in [2.45, 2.75) is 6.92 Å². The van der Waals surface area contributed by atoms with E-state index in [0.717, 1.165) is 22.7 Å². The molecule has 0 unspecified atom stereocenters. The van der Waals surface area contributed by atoms with Gasteiger partial charge in [0, 0.05) is 5.56 Å². The van der Waals surface area contributed by atoms with Gasteiger partial charge >= 0.3 is 0 Å². The number of rotatable bonds is 6. The van der Waals surface area contributed by atoms with Crippen LogP contribution in [0.2, 0.25) is 0 Å². The molecule has 0 radical (unpaired) electrons. The second kappa shape index (κ2) is 8.48. The molecule has 1 N–H and O–H groups in total. The Morgan fingerprint density at radius 3 is 2.45 bits per heavy atom. The minimum atomic E-state index is -3.76. The Morgan fingerprint density at radius 1 is 1.14 bits per heavy atom. The van der Waals surface area contributed by atoms with Gasteiger partial charge in [0.25, 0.3) is 5.91 Å². The van der Waals surface area contributed by atoms with Crippen LogP contribution in [0.1, 0.15) is 12.5 Å². The molecule has 0 bridgehead atoms. The number of nitrogens with one attached hydrogen (secondary N) is 1. The molecule has 0 spiro atoms. The Morgan fingerprint density at radius 2 is 1.79 bits per heavy atom. The van der Waals surface area contributed by atoms with Gasteiger partial charge < -0.3 is 9.47 Å². The van der Waals surface area contributed by atoms with Gasteiger partial charge in [-0.05, 0) is 49.4 Å². The van der Waals surface area contributed by atoms with Crippen LogP contribution in [0.4, 0.5) is 10.1 Å². The number of carbonyl (C=O) groups excluding carboxylic acids is 1. The summed E-state index contributed by atoms with van der Waals surface area (Å²) < 4.78 is 49.0. The summed E-state index contributed by atoms with van der Waals surface area (Å²) in [7, 11) is -3.76. The zero-order valence-electron chi connectivity index (χ0n) is 15.9. The maximum absolute atomic E-state index is 13.1. The van der Waals surface area contributed by atoms with Crippen LogP contribution in [0.25, 0.3) is 0 Å². The van der Waals surface area contributed by atoms with E-state index in [-0.39, 0.29) is 5.69 Å².